The first-order chi connectivity index (χ1) is 13.8. The molecular formula is C20H19F3N4O2. The number of benzene rings is 2. The largest absolute Gasteiger partial charge is 0.449 e. The highest BCUT2D eigenvalue weighted by molar-refractivity contribution is 5.97. The first-order valence-corrected chi connectivity index (χ1v) is 9.14. The molecular weight excluding hydrogens is 385 g/mol. The maximum atomic E-state index is 12.8. The normalized spacial score (nSPS) is 17.7. The Bertz CT molecular complexity index is 1050. The number of carbonyl (C=O) groups is 1. The summed E-state index contributed by atoms with van der Waals surface area (Å²) >= 11 is 0. The van der Waals surface area contributed by atoms with E-state index in [1.165, 1.54) is 23.8 Å². The van der Waals surface area contributed by atoms with Gasteiger partial charge in [0.2, 0.25) is 5.82 Å². The zero-order chi connectivity index (χ0) is 20.6. The quantitative estimate of drug-likeness (QED) is 0.538. The second-order valence-corrected chi connectivity index (χ2v) is 7.05. The predicted molar refractivity (Wildman–Crippen MR) is 100 cm³/mol. The third-order valence-electron chi connectivity index (χ3n) is 5.06. The molecule has 4 rings (SSSR count). The number of aromatic nitrogens is 2. The van der Waals surface area contributed by atoms with E-state index in [1.807, 2.05) is 24.3 Å². The number of fused-ring (bicyclic) bond motifs is 2. The lowest BCUT2D eigenvalue weighted by molar-refractivity contribution is -0.144. The van der Waals surface area contributed by atoms with Crippen LogP contribution < -0.4 is 10.6 Å². The van der Waals surface area contributed by atoms with Gasteiger partial charge in [-0.15, -0.1) is 0 Å². The van der Waals surface area contributed by atoms with Gasteiger partial charge in [-0.2, -0.15) is 13.2 Å². The lowest BCUT2D eigenvalue weighted by Crippen LogP contribution is -2.49. The summed E-state index contributed by atoms with van der Waals surface area (Å²) in [4.78, 5) is 18.0. The van der Waals surface area contributed by atoms with E-state index in [0.717, 1.165) is 5.56 Å². The second kappa shape index (κ2) is 7.49. The Balaban J connectivity index is 1.39. The van der Waals surface area contributed by atoms with Crippen LogP contribution in [-0.4, -0.2) is 39.7 Å². The molecule has 3 aromatic rings. The van der Waals surface area contributed by atoms with Crippen LogP contribution in [0.25, 0.3) is 11.0 Å². The zero-order valence-corrected chi connectivity index (χ0v) is 15.3. The van der Waals surface area contributed by atoms with Gasteiger partial charge in [0.25, 0.3) is 5.91 Å². The fourth-order valence-electron chi connectivity index (χ4n) is 3.48. The Morgan fingerprint density at radius 2 is 2.00 bits per heavy atom. The van der Waals surface area contributed by atoms with Gasteiger partial charge in [0, 0.05) is 24.7 Å². The number of hydrogen-bond donors (Lipinski definition) is 4. The molecule has 1 aliphatic heterocycles. The van der Waals surface area contributed by atoms with Gasteiger partial charge in [-0.3, -0.25) is 4.79 Å². The molecule has 0 aliphatic carbocycles. The van der Waals surface area contributed by atoms with Crippen molar-refractivity contribution in [3.63, 3.8) is 0 Å². The second-order valence-electron chi connectivity index (χ2n) is 7.05. The molecule has 1 aliphatic rings. The van der Waals surface area contributed by atoms with Crippen LogP contribution in [0.2, 0.25) is 0 Å². The molecule has 0 spiro atoms. The van der Waals surface area contributed by atoms with Gasteiger partial charge in [-0.05, 0) is 35.7 Å². The van der Waals surface area contributed by atoms with Crippen molar-refractivity contribution < 1.29 is 23.1 Å². The van der Waals surface area contributed by atoms with E-state index in [1.54, 1.807) is 0 Å². The summed E-state index contributed by atoms with van der Waals surface area (Å²) in [5.41, 5.74) is 2.77. The summed E-state index contributed by atoms with van der Waals surface area (Å²) in [6.07, 6.45) is -4.75. The zero-order valence-electron chi connectivity index (χ0n) is 15.3. The van der Waals surface area contributed by atoms with Crippen molar-refractivity contribution in [3.05, 3.63) is 65.0 Å². The molecule has 9 heteroatoms. The van der Waals surface area contributed by atoms with Gasteiger partial charge in [-0.1, -0.05) is 24.3 Å². The fraction of sp³-hybridized carbons (Fsp3) is 0.300. The van der Waals surface area contributed by atoms with Crippen molar-refractivity contribution in [1.82, 2.24) is 20.6 Å². The lowest BCUT2D eigenvalue weighted by Gasteiger charge is -2.30. The SMILES string of the molecule is O=C(NCC(O)C1Cc2ccccc2CN1)c1ccc2nc(C(F)(F)F)[nH]c2c1. The topological polar surface area (TPSA) is 90.0 Å². The number of halogens is 3. The summed E-state index contributed by atoms with van der Waals surface area (Å²) in [5.74, 6) is -1.59. The number of alkyl halides is 3. The molecule has 6 nitrogen and oxygen atoms in total. The molecule has 0 saturated heterocycles. The standard InChI is InChI=1S/C20H19F3N4O2/c21-20(22,23)19-26-14-6-5-12(8-15(14)27-19)18(29)25-10-17(28)16-7-11-3-1-2-4-13(11)9-24-16/h1-6,8,16-17,24,28H,7,9-10H2,(H,25,29)(H,26,27). The van der Waals surface area contributed by atoms with E-state index in [4.69, 9.17) is 0 Å². The molecule has 2 aromatic carbocycles. The number of H-pyrrole nitrogens is 1. The number of rotatable bonds is 4. The summed E-state index contributed by atoms with van der Waals surface area (Å²) in [6, 6.07) is 11.8. The number of carbonyl (C=O) groups excluding carboxylic acids is 1. The Kier molecular flexibility index (Phi) is 5.01. The summed E-state index contributed by atoms with van der Waals surface area (Å²) < 4.78 is 38.3. The first kappa shape index (κ1) is 19.4. The summed E-state index contributed by atoms with van der Waals surface area (Å²) in [7, 11) is 0. The molecule has 0 saturated carbocycles. The van der Waals surface area contributed by atoms with Crippen LogP contribution in [0.1, 0.15) is 27.3 Å². The predicted octanol–water partition coefficient (Wildman–Crippen LogP) is 2.39. The Morgan fingerprint density at radius 3 is 2.76 bits per heavy atom. The molecule has 1 aromatic heterocycles. The molecule has 2 unspecified atom stereocenters. The van der Waals surface area contributed by atoms with Crippen molar-refractivity contribution in [2.24, 2.45) is 0 Å². The number of nitrogens with one attached hydrogen (secondary N) is 3. The van der Waals surface area contributed by atoms with E-state index < -0.39 is 24.0 Å². The molecule has 152 valence electrons. The van der Waals surface area contributed by atoms with Crippen molar-refractivity contribution in [2.75, 3.05) is 6.54 Å². The number of nitrogens with zero attached hydrogens (tertiary/aromatic N) is 1. The minimum Gasteiger partial charge on any atom is -0.390 e. The van der Waals surface area contributed by atoms with Crippen molar-refractivity contribution in [3.8, 4) is 0 Å². The molecule has 1 amide bonds. The van der Waals surface area contributed by atoms with Crippen LogP contribution in [0.4, 0.5) is 13.2 Å². The van der Waals surface area contributed by atoms with Crippen molar-refractivity contribution in [1.29, 1.82) is 0 Å². The highest BCUT2D eigenvalue weighted by atomic mass is 19.4. The highest BCUT2D eigenvalue weighted by Gasteiger charge is 2.34. The van der Waals surface area contributed by atoms with Gasteiger partial charge in [0.1, 0.15) is 0 Å². The Morgan fingerprint density at radius 1 is 1.24 bits per heavy atom. The average molecular weight is 404 g/mol. The number of aliphatic hydroxyl groups excluding tert-OH is 1. The Labute approximate surface area is 164 Å². The number of imidazole rings is 1. The van der Waals surface area contributed by atoms with E-state index in [0.29, 0.717) is 13.0 Å². The van der Waals surface area contributed by atoms with Gasteiger partial charge in [0.15, 0.2) is 0 Å². The van der Waals surface area contributed by atoms with Gasteiger partial charge >= 0.3 is 6.18 Å². The van der Waals surface area contributed by atoms with Crippen LogP contribution in [0.5, 0.6) is 0 Å². The molecule has 2 atom stereocenters. The van der Waals surface area contributed by atoms with Crippen LogP contribution in [0.15, 0.2) is 42.5 Å². The average Bonchev–Trinajstić information content (AvgIpc) is 3.15. The summed E-state index contributed by atoms with van der Waals surface area (Å²) in [5, 5.41) is 16.3. The first-order valence-electron chi connectivity index (χ1n) is 9.14. The fourth-order valence-corrected chi connectivity index (χ4v) is 3.48. The van der Waals surface area contributed by atoms with E-state index in [-0.39, 0.29) is 29.2 Å². The molecule has 2 heterocycles. The van der Waals surface area contributed by atoms with Crippen LogP contribution >= 0.6 is 0 Å². The van der Waals surface area contributed by atoms with Crippen LogP contribution in [0.3, 0.4) is 0 Å². The van der Waals surface area contributed by atoms with Crippen LogP contribution in [-0.2, 0) is 19.1 Å². The van der Waals surface area contributed by atoms with Gasteiger partial charge in [0.05, 0.1) is 17.1 Å². The van der Waals surface area contributed by atoms with Crippen molar-refractivity contribution >= 4 is 16.9 Å². The monoisotopic (exact) mass is 404 g/mol. The van der Waals surface area contributed by atoms with E-state index in [9.17, 15) is 23.1 Å². The van der Waals surface area contributed by atoms with E-state index >= 15 is 0 Å². The van der Waals surface area contributed by atoms with Crippen molar-refractivity contribution in [2.45, 2.75) is 31.3 Å². The van der Waals surface area contributed by atoms with Gasteiger partial charge in [-0.25, -0.2) is 4.98 Å². The molecule has 0 fully saturated rings. The molecule has 0 bridgehead atoms. The number of aliphatic hydroxyl groups is 1. The minimum absolute atomic E-state index is 0.0213. The number of amides is 1. The third kappa shape index (κ3) is 4.10. The molecule has 4 N–H and O–H groups in total. The number of aromatic amines is 1. The van der Waals surface area contributed by atoms with Gasteiger partial charge < -0.3 is 20.7 Å². The maximum absolute atomic E-state index is 12.8. The van der Waals surface area contributed by atoms with E-state index in [2.05, 4.69) is 20.6 Å². The summed E-state index contributed by atoms with van der Waals surface area (Å²) in [6.45, 7) is 0.664. The molecule has 29 heavy (non-hydrogen) atoms. The number of hydrogen-bond acceptors (Lipinski definition) is 4. The molecule has 0 radical (unpaired) electrons. The minimum atomic E-state index is -4.59. The maximum Gasteiger partial charge on any atom is 0.449 e. The van der Waals surface area contributed by atoms with Crippen LogP contribution in [0, 0.1) is 0 Å². The lowest BCUT2D eigenvalue weighted by atomic mass is 9.93. The Hall–Kier alpha value is -2.91. The third-order valence-corrected chi connectivity index (χ3v) is 5.06. The highest BCUT2D eigenvalue weighted by Crippen LogP contribution is 2.28. The smallest absolute Gasteiger partial charge is 0.390 e.